The summed E-state index contributed by atoms with van der Waals surface area (Å²) in [5.41, 5.74) is 11.4. The number of anilines is 2. The Balaban J connectivity index is 1.39. The predicted octanol–water partition coefficient (Wildman–Crippen LogP) is 4.55. The predicted molar refractivity (Wildman–Crippen MR) is 128 cm³/mol. The Morgan fingerprint density at radius 1 is 1.00 bits per heavy atom. The van der Waals surface area contributed by atoms with Gasteiger partial charge in [0.15, 0.2) is 0 Å². The molecular weight excluding hydrogens is 384 g/mol. The van der Waals surface area contributed by atoms with Gasteiger partial charge in [-0.05, 0) is 29.7 Å². The van der Waals surface area contributed by atoms with Gasteiger partial charge in [-0.1, -0.05) is 48.6 Å². The Bertz CT molecular complexity index is 1220. The molecule has 2 aromatic carbocycles. The largest absolute Gasteiger partial charge is 0.369 e. The van der Waals surface area contributed by atoms with Crippen LogP contribution in [0.15, 0.2) is 73.1 Å². The van der Waals surface area contributed by atoms with Crippen molar-refractivity contribution in [2.24, 2.45) is 0 Å². The van der Waals surface area contributed by atoms with Crippen molar-refractivity contribution in [3.05, 3.63) is 73.1 Å². The zero-order chi connectivity index (χ0) is 21.0. The number of hydrogen-bond donors (Lipinski definition) is 3. The first-order chi connectivity index (χ1) is 15.3. The van der Waals surface area contributed by atoms with Crippen molar-refractivity contribution in [1.82, 2.24) is 19.9 Å². The van der Waals surface area contributed by atoms with Crippen LogP contribution in [0.1, 0.15) is 6.42 Å². The van der Waals surface area contributed by atoms with Crippen LogP contribution in [-0.2, 0) is 0 Å². The minimum Gasteiger partial charge on any atom is -0.369 e. The lowest BCUT2D eigenvalue weighted by molar-refractivity contribution is 0.351. The van der Waals surface area contributed by atoms with Gasteiger partial charge in [0.2, 0.25) is 5.95 Å². The summed E-state index contributed by atoms with van der Waals surface area (Å²) in [6, 6.07) is 16.8. The summed E-state index contributed by atoms with van der Waals surface area (Å²) in [5.74, 6) is 1.06. The standard InChI is InChI=1S/C25H26N6/c26-25-29-17-22(24(30-25)27-11-6-14-31-12-3-4-13-31)19-8-5-7-18(15-19)21-16-28-23-10-2-1-9-20(21)23/h1-5,7-10,15-17,28H,6,11-14H2,(H3,26,27,29,30). The Kier molecular flexibility index (Phi) is 5.37. The van der Waals surface area contributed by atoms with Crippen molar-refractivity contribution >= 4 is 22.7 Å². The molecule has 6 heteroatoms. The SMILES string of the molecule is Nc1ncc(-c2cccc(-c3c[nH]c4ccccc34)c2)c(NCCCN2CC=CC2)n1. The Hall–Kier alpha value is -3.64. The van der Waals surface area contributed by atoms with Gasteiger partial charge in [-0.25, -0.2) is 4.98 Å². The number of aromatic nitrogens is 3. The highest BCUT2D eigenvalue weighted by Crippen LogP contribution is 2.33. The summed E-state index contributed by atoms with van der Waals surface area (Å²) in [7, 11) is 0. The molecule has 1 aliphatic rings. The summed E-state index contributed by atoms with van der Waals surface area (Å²) in [5, 5.41) is 4.69. The van der Waals surface area contributed by atoms with Crippen molar-refractivity contribution in [3.63, 3.8) is 0 Å². The van der Waals surface area contributed by atoms with E-state index in [1.807, 2.05) is 12.3 Å². The van der Waals surface area contributed by atoms with Crippen LogP contribution in [0, 0.1) is 0 Å². The minimum atomic E-state index is 0.280. The quantitative estimate of drug-likeness (QED) is 0.308. The highest BCUT2D eigenvalue weighted by atomic mass is 15.1. The van der Waals surface area contributed by atoms with E-state index in [4.69, 9.17) is 5.73 Å². The van der Waals surface area contributed by atoms with Crippen LogP contribution in [0.2, 0.25) is 0 Å². The average molecular weight is 411 g/mol. The molecule has 3 heterocycles. The number of nitrogens with one attached hydrogen (secondary N) is 2. The fourth-order valence-corrected chi connectivity index (χ4v) is 4.12. The molecule has 4 aromatic rings. The van der Waals surface area contributed by atoms with Crippen molar-refractivity contribution in [1.29, 1.82) is 0 Å². The third-order valence-electron chi connectivity index (χ3n) is 5.72. The zero-order valence-corrected chi connectivity index (χ0v) is 17.4. The third-order valence-corrected chi connectivity index (χ3v) is 5.72. The number of rotatable bonds is 7. The van der Waals surface area contributed by atoms with Crippen LogP contribution in [0.5, 0.6) is 0 Å². The van der Waals surface area contributed by atoms with Crippen molar-refractivity contribution < 1.29 is 0 Å². The molecule has 6 nitrogen and oxygen atoms in total. The smallest absolute Gasteiger partial charge is 0.221 e. The van der Waals surface area contributed by atoms with E-state index in [0.29, 0.717) is 0 Å². The fraction of sp³-hybridized carbons (Fsp3) is 0.200. The van der Waals surface area contributed by atoms with E-state index >= 15 is 0 Å². The topological polar surface area (TPSA) is 82.9 Å². The lowest BCUT2D eigenvalue weighted by Gasteiger charge is -2.16. The number of benzene rings is 2. The Morgan fingerprint density at radius 2 is 1.81 bits per heavy atom. The van der Waals surface area contributed by atoms with Crippen LogP contribution in [0.25, 0.3) is 33.2 Å². The van der Waals surface area contributed by atoms with E-state index in [1.54, 1.807) is 0 Å². The van der Waals surface area contributed by atoms with Crippen molar-refractivity contribution in [3.8, 4) is 22.3 Å². The monoisotopic (exact) mass is 410 g/mol. The normalized spacial score (nSPS) is 13.8. The van der Waals surface area contributed by atoms with Gasteiger partial charge in [0, 0.05) is 60.6 Å². The number of fused-ring (bicyclic) bond motifs is 1. The molecule has 0 radical (unpaired) electrons. The van der Waals surface area contributed by atoms with Gasteiger partial charge in [0.1, 0.15) is 5.82 Å². The van der Waals surface area contributed by atoms with E-state index < -0.39 is 0 Å². The summed E-state index contributed by atoms with van der Waals surface area (Å²) in [4.78, 5) is 14.5. The molecule has 0 aliphatic carbocycles. The number of H-pyrrole nitrogens is 1. The lowest BCUT2D eigenvalue weighted by Crippen LogP contribution is -2.23. The summed E-state index contributed by atoms with van der Waals surface area (Å²) in [6.45, 7) is 3.99. The highest BCUT2D eigenvalue weighted by molar-refractivity contribution is 5.96. The first-order valence-electron chi connectivity index (χ1n) is 10.7. The van der Waals surface area contributed by atoms with Crippen molar-refractivity contribution in [2.75, 3.05) is 37.2 Å². The molecule has 0 saturated carbocycles. The maximum Gasteiger partial charge on any atom is 0.221 e. The second-order valence-corrected chi connectivity index (χ2v) is 7.83. The van der Waals surface area contributed by atoms with E-state index in [9.17, 15) is 0 Å². The van der Waals surface area contributed by atoms with Gasteiger partial charge in [-0.2, -0.15) is 4.98 Å². The molecule has 0 saturated heterocycles. The molecule has 156 valence electrons. The summed E-state index contributed by atoms with van der Waals surface area (Å²) < 4.78 is 0. The number of hydrogen-bond acceptors (Lipinski definition) is 5. The van der Waals surface area contributed by atoms with Crippen LogP contribution < -0.4 is 11.1 Å². The first-order valence-corrected chi connectivity index (χ1v) is 10.7. The molecule has 5 rings (SSSR count). The second-order valence-electron chi connectivity index (χ2n) is 7.83. The molecule has 0 bridgehead atoms. The van der Waals surface area contributed by atoms with E-state index in [2.05, 4.69) is 86.0 Å². The molecule has 0 spiro atoms. The highest BCUT2D eigenvalue weighted by Gasteiger charge is 2.12. The molecule has 4 N–H and O–H groups in total. The van der Waals surface area contributed by atoms with E-state index in [0.717, 1.165) is 60.6 Å². The number of aromatic amines is 1. The molecule has 0 amide bonds. The molecule has 0 fully saturated rings. The van der Waals surface area contributed by atoms with E-state index in [-0.39, 0.29) is 5.95 Å². The molecule has 0 unspecified atom stereocenters. The third kappa shape index (κ3) is 4.15. The van der Waals surface area contributed by atoms with Gasteiger partial charge in [-0.15, -0.1) is 0 Å². The van der Waals surface area contributed by atoms with Crippen LogP contribution in [0.3, 0.4) is 0 Å². The van der Waals surface area contributed by atoms with Crippen LogP contribution in [-0.4, -0.2) is 46.0 Å². The van der Waals surface area contributed by atoms with Crippen LogP contribution in [0.4, 0.5) is 11.8 Å². The maximum atomic E-state index is 5.90. The Morgan fingerprint density at radius 3 is 2.68 bits per heavy atom. The number of nitrogens with two attached hydrogens (primary N) is 1. The molecule has 1 aliphatic heterocycles. The van der Waals surface area contributed by atoms with E-state index in [1.165, 1.54) is 10.9 Å². The number of nitrogens with zero attached hydrogens (tertiary/aromatic N) is 3. The summed E-state index contributed by atoms with van der Waals surface area (Å²) >= 11 is 0. The first kappa shape index (κ1) is 19.3. The van der Waals surface area contributed by atoms with Gasteiger partial charge >= 0.3 is 0 Å². The van der Waals surface area contributed by atoms with Gasteiger partial charge in [-0.3, -0.25) is 4.90 Å². The maximum absolute atomic E-state index is 5.90. The average Bonchev–Trinajstić information content (AvgIpc) is 3.47. The number of para-hydroxylation sites is 1. The molecule has 2 aromatic heterocycles. The summed E-state index contributed by atoms with van der Waals surface area (Å²) in [6.07, 6.45) is 9.36. The second kappa shape index (κ2) is 8.62. The van der Waals surface area contributed by atoms with Crippen molar-refractivity contribution in [2.45, 2.75) is 6.42 Å². The molecule has 31 heavy (non-hydrogen) atoms. The minimum absolute atomic E-state index is 0.280. The lowest BCUT2D eigenvalue weighted by atomic mass is 9.99. The van der Waals surface area contributed by atoms with Gasteiger partial charge in [0.25, 0.3) is 0 Å². The fourth-order valence-electron chi connectivity index (χ4n) is 4.12. The van der Waals surface area contributed by atoms with Crippen LogP contribution >= 0.6 is 0 Å². The molecular formula is C25H26N6. The molecule has 0 atom stereocenters. The van der Waals surface area contributed by atoms with Gasteiger partial charge < -0.3 is 16.0 Å². The van der Waals surface area contributed by atoms with Gasteiger partial charge in [0.05, 0.1) is 0 Å². The Labute approximate surface area is 181 Å². The number of nitrogen functional groups attached to an aromatic ring is 1. The zero-order valence-electron chi connectivity index (χ0n) is 17.4.